The zero-order chi connectivity index (χ0) is 20.5. The summed E-state index contributed by atoms with van der Waals surface area (Å²) in [4.78, 5) is 11.3. The average molecular weight is 399 g/mol. The summed E-state index contributed by atoms with van der Waals surface area (Å²) in [7, 11) is 0. The Labute approximate surface area is 176 Å². The van der Waals surface area contributed by atoms with Crippen LogP contribution in [0.1, 0.15) is 142 Å². The normalized spacial score (nSPS) is 10.9. The Kier molecular flexibility index (Phi) is 23.7. The molecule has 3 heteroatoms. The van der Waals surface area contributed by atoms with Crippen molar-refractivity contribution in [2.24, 2.45) is 0 Å². The first kappa shape index (κ1) is 27.3. The molecular weight excluding hydrogens is 348 g/mol. The third-order valence-electron chi connectivity index (χ3n) is 5.44. The van der Waals surface area contributed by atoms with Gasteiger partial charge in [-0.05, 0) is 12.8 Å². The summed E-state index contributed by atoms with van der Waals surface area (Å²) in [6.07, 6.45) is 25.8. The molecule has 0 aromatic rings. The molecule has 0 aromatic heterocycles. The van der Waals surface area contributed by atoms with Crippen LogP contribution >= 0.6 is 0 Å². The van der Waals surface area contributed by atoms with Gasteiger partial charge in [0.15, 0.2) is 0 Å². The van der Waals surface area contributed by atoms with Crippen LogP contribution in [0.4, 0.5) is 4.79 Å². The van der Waals surface area contributed by atoms with Crippen molar-refractivity contribution < 1.29 is 14.3 Å². The van der Waals surface area contributed by atoms with Crippen LogP contribution in [0.2, 0.25) is 0 Å². The molecule has 0 bridgehead atoms. The standard InChI is InChI=1S/C25H50O3/c1-3-5-7-8-9-10-11-12-13-14-15-16-17-18-19-20-22-24-28-25(26)27-23-21-6-4-2/h3-24H2,1-2H3. The fourth-order valence-electron chi connectivity index (χ4n) is 3.53. The van der Waals surface area contributed by atoms with Crippen molar-refractivity contribution in [3.63, 3.8) is 0 Å². The predicted molar refractivity (Wildman–Crippen MR) is 121 cm³/mol. The maximum absolute atomic E-state index is 11.3. The lowest BCUT2D eigenvalue weighted by Crippen LogP contribution is -2.09. The molecule has 168 valence electrons. The molecule has 0 heterocycles. The summed E-state index contributed by atoms with van der Waals surface area (Å²) in [5.74, 6) is 0. The molecule has 0 unspecified atom stereocenters. The predicted octanol–water partition coefficient (Wildman–Crippen LogP) is 8.98. The summed E-state index contributed by atoms with van der Waals surface area (Å²) in [6, 6.07) is 0. The first-order chi connectivity index (χ1) is 13.8. The minimum atomic E-state index is -0.493. The van der Waals surface area contributed by atoms with Crippen LogP contribution in [0, 0.1) is 0 Å². The highest BCUT2D eigenvalue weighted by molar-refractivity contribution is 5.59. The van der Waals surface area contributed by atoms with Gasteiger partial charge in [-0.15, -0.1) is 0 Å². The van der Waals surface area contributed by atoms with E-state index < -0.39 is 6.16 Å². The van der Waals surface area contributed by atoms with E-state index in [0.29, 0.717) is 13.2 Å². The zero-order valence-electron chi connectivity index (χ0n) is 19.3. The van der Waals surface area contributed by atoms with E-state index in [4.69, 9.17) is 9.47 Å². The van der Waals surface area contributed by atoms with Crippen LogP contribution in [0.15, 0.2) is 0 Å². The van der Waals surface area contributed by atoms with Crippen molar-refractivity contribution in [3.05, 3.63) is 0 Å². The maximum Gasteiger partial charge on any atom is 0.508 e. The van der Waals surface area contributed by atoms with Crippen molar-refractivity contribution in [1.29, 1.82) is 0 Å². The van der Waals surface area contributed by atoms with Crippen LogP contribution in [0.25, 0.3) is 0 Å². The number of hydrogen-bond donors (Lipinski definition) is 0. The highest BCUT2D eigenvalue weighted by Gasteiger charge is 2.02. The molecule has 0 aliphatic carbocycles. The van der Waals surface area contributed by atoms with Gasteiger partial charge in [0.05, 0.1) is 13.2 Å². The number of carbonyl (C=O) groups excluding carboxylic acids is 1. The molecule has 0 saturated carbocycles. The van der Waals surface area contributed by atoms with Gasteiger partial charge >= 0.3 is 6.16 Å². The van der Waals surface area contributed by atoms with E-state index in [-0.39, 0.29) is 0 Å². The van der Waals surface area contributed by atoms with Crippen LogP contribution in [0.5, 0.6) is 0 Å². The topological polar surface area (TPSA) is 35.5 Å². The van der Waals surface area contributed by atoms with Gasteiger partial charge in [0.2, 0.25) is 0 Å². The third kappa shape index (κ3) is 23.3. The monoisotopic (exact) mass is 398 g/mol. The first-order valence-electron chi connectivity index (χ1n) is 12.6. The van der Waals surface area contributed by atoms with E-state index in [0.717, 1.165) is 32.1 Å². The average Bonchev–Trinajstić information content (AvgIpc) is 2.70. The second-order valence-electron chi connectivity index (χ2n) is 8.31. The van der Waals surface area contributed by atoms with Gasteiger partial charge in [0, 0.05) is 0 Å². The van der Waals surface area contributed by atoms with E-state index >= 15 is 0 Å². The fourth-order valence-corrected chi connectivity index (χ4v) is 3.53. The second kappa shape index (κ2) is 24.3. The Morgan fingerprint density at radius 1 is 0.429 bits per heavy atom. The minimum Gasteiger partial charge on any atom is -0.434 e. The molecule has 0 aliphatic rings. The highest BCUT2D eigenvalue weighted by Crippen LogP contribution is 2.14. The van der Waals surface area contributed by atoms with E-state index in [1.165, 1.54) is 96.3 Å². The lowest BCUT2D eigenvalue weighted by Gasteiger charge is -2.06. The summed E-state index contributed by atoms with van der Waals surface area (Å²) in [5, 5.41) is 0. The summed E-state index contributed by atoms with van der Waals surface area (Å²) in [6.45, 7) is 5.42. The fraction of sp³-hybridized carbons (Fsp3) is 0.960. The number of hydrogen-bond acceptors (Lipinski definition) is 3. The van der Waals surface area contributed by atoms with Crippen molar-refractivity contribution >= 4 is 6.16 Å². The van der Waals surface area contributed by atoms with Crippen LogP contribution < -0.4 is 0 Å². The van der Waals surface area contributed by atoms with Gasteiger partial charge in [0.25, 0.3) is 0 Å². The van der Waals surface area contributed by atoms with Gasteiger partial charge in [0.1, 0.15) is 0 Å². The molecule has 0 radical (unpaired) electrons. The highest BCUT2D eigenvalue weighted by atomic mass is 16.7. The quantitative estimate of drug-likeness (QED) is 0.135. The van der Waals surface area contributed by atoms with Crippen molar-refractivity contribution in [1.82, 2.24) is 0 Å². The van der Waals surface area contributed by atoms with Crippen LogP contribution in [0.3, 0.4) is 0 Å². The molecule has 0 atom stereocenters. The number of ether oxygens (including phenoxy) is 2. The molecule has 0 fully saturated rings. The molecule has 0 aliphatic heterocycles. The summed E-state index contributed by atoms with van der Waals surface area (Å²) >= 11 is 0. The molecule has 0 N–H and O–H groups in total. The molecule has 3 nitrogen and oxygen atoms in total. The van der Waals surface area contributed by atoms with Crippen LogP contribution in [-0.2, 0) is 9.47 Å². The number of unbranched alkanes of at least 4 members (excludes halogenated alkanes) is 18. The molecule has 0 amide bonds. The van der Waals surface area contributed by atoms with Crippen LogP contribution in [-0.4, -0.2) is 19.4 Å². The molecule has 28 heavy (non-hydrogen) atoms. The van der Waals surface area contributed by atoms with Gasteiger partial charge in [-0.3, -0.25) is 0 Å². The van der Waals surface area contributed by atoms with Gasteiger partial charge in [-0.1, -0.05) is 129 Å². The Bertz CT molecular complexity index is 304. The third-order valence-corrected chi connectivity index (χ3v) is 5.44. The van der Waals surface area contributed by atoms with E-state index in [1.807, 2.05) is 0 Å². The second-order valence-corrected chi connectivity index (χ2v) is 8.31. The maximum atomic E-state index is 11.3. The van der Waals surface area contributed by atoms with E-state index in [2.05, 4.69) is 13.8 Å². The number of rotatable bonds is 22. The summed E-state index contributed by atoms with van der Waals surface area (Å²) in [5.41, 5.74) is 0. The van der Waals surface area contributed by atoms with Gasteiger partial charge in [-0.25, -0.2) is 4.79 Å². The number of carbonyl (C=O) groups is 1. The SMILES string of the molecule is CCCCCCCCCCCCCCCCCCCOC(=O)OCCCCC. The lowest BCUT2D eigenvalue weighted by atomic mass is 10.0. The van der Waals surface area contributed by atoms with Crippen molar-refractivity contribution in [3.8, 4) is 0 Å². The Hall–Kier alpha value is -0.730. The van der Waals surface area contributed by atoms with E-state index in [1.54, 1.807) is 0 Å². The smallest absolute Gasteiger partial charge is 0.434 e. The lowest BCUT2D eigenvalue weighted by molar-refractivity contribution is 0.0529. The Morgan fingerprint density at radius 2 is 0.679 bits per heavy atom. The molecule has 0 saturated heterocycles. The largest absolute Gasteiger partial charge is 0.508 e. The van der Waals surface area contributed by atoms with Crippen molar-refractivity contribution in [2.45, 2.75) is 142 Å². The van der Waals surface area contributed by atoms with Gasteiger partial charge < -0.3 is 9.47 Å². The zero-order valence-corrected chi connectivity index (χ0v) is 19.3. The Balaban J connectivity index is 3.07. The van der Waals surface area contributed by atoms with E-state index in [9.17, 15) is 4.79 Å². The first-order valence-corrected chi connectivity index (χ1v) is 12.6. The van der Waals surface area contributed by atoms with Gasteiger partial charge in [-0.2, -0.15) is 0 Å². The Morgan fingerprint density at radius 3 is 1.04 bits per heavy atom. The molecular formula is C25H50O3. The minimum absolute atomic E-state index is 0.492. The van der Waals surface area contributed by atoms with Crippen molar-refractivity contribution in [2.75, 3.05) is 13.2 Å². The summed E-state index contributed by atoms with van der Waals surface area (Å²) < 4.78 is 10.1. The molecule has 0 aromatic carbocycles. The molecule has 0 spiro atoms. The molecule has 0 rings (SSSR count).